The van der Waals surface area contributed by atoms with Crippen molar-refractivity contribution in [2.24, 2.45) is 0 Å². The molecule has 1 saturated carbocycles. The quantitative estimate of drug-likeness (QED) is 0.718. The van der Waals surface area contributed by atoms with Crippen LogP contribution in [0.4, 0.5) is 0 Å². The summed E-state index contributed by atoms with van der Waals surface area (Å²) < 4.78 is 10.6. The predicted molar refractivity (Wildman–Crippen MR) is 60.8 cm³/mol. The third-order valence-corrected chi connectivity index (χ3v) is 2.77. The second-order valence-corrected chi connectivity index (χ2v) is 4.23. The minimum atomic E-state index is 0.595. The lowest BCUT2D eigenvalue weighted by atomic mass is 10.1. The van der Waals surface area contributed by atoms with E-state index in [4.69, 9.17) is 21.1 Å². The molecule has 1 aliphatic rings. The van der Waals surface area contributed by atoms with Gasteiger partial charge in [-0.15, -0.1) is 0 Å². The number of halogens is 1. The van der Waals surface area contributed by atoms with Gasteiger partial charge in [0.25, 0.3) is 0 Å². The molecule has 1 aromatic carbocycles. The van der Waals surface area contributed by atoms with Gasteiger partial charge < -0.3 is 9.47 Å². The average molecular weight is 227 g/mol. The van der Waals surface area contributed by atoms with Gasteiger partial charge in [0.2, 0.25) is 0 Å². The molecule has 0 saturated heterocycles. The Morgan fingerprint density at radius 2 is 2.13 bits per heavy atom. The summed E-state index contributed by atoms with van der Waals surface area (Å²) >= 11 is 5.97. The molecule has 82 valence electrons. The normalized spacial score (nSPS) is 15.3. The standard InChI is InChI=1S/C12H15ClO2/c1-14-6-7-15-12-5-4-10(13)8-11(12)9-2-3-9/h4-5,8-9H,2-3,6-7H2,1H3. The van der Waals surface area contributed by atoms with Gasteiger partial charge in [0, 0.05) is 12.1 Å². The maximum Gasteiger partial charge on any atom is 0.122 e. The van der Waals surface area contributed by atoms with Gasteiger partial charge in [0.1, 0.15) is 12.4 Å². The van der Waals surface area contributed by atoms with E-state index in [1.54, 1.807) is 7.11 Å². The molecule has 15 heavy (non-hydrogen) atoms. The summed E-state index contributed by atoms with van der Waals surface area (Å²) in [5.74, 6) is 1.61. The van der Waals surface area contributed by atoms with Crippen molar-refractivity contribution in [2.45, 2.75) is 18.8 Å². The van der Waals surface area contributed by atoms with Gasteiger partial charge in [0.05, 0.1) is 6.61 Å². The lowest BCUT2D eigenvalue weighted by molar-refractivity contribution is 0.146. The Morgan fingerprint density at radius 3 is 2.80 bits per heavy atom. The van der Waals surface area contributed by atoms with Crippen molar-refractivity contribution in [3.63, 3.8) is 0 Å². The molecule has 0 atom stereocenters. The molecular weight excluding hydrogens is 212 g/mol. The number of ether oxygens (including phenoxy) is 2. The number of hydrogen-bond donors (Lipinski definition) is 0. The van der Waals surface area contributed by atoms with E-state index in [2.05, 4.69) is 0 Å². The Labute approximate surface area is 95.1 Å². The van der Waals surface area contributed by atoms with Crippen LogP contribution in [0.25, 0.3) is 0 Å². The van der Waals surface area contributed by atoms with Crippen LogP contribution in [0.5, 0.6) is 5.75 Å². The highest BCUT2D eigenvalue weighted by Crippen LogP contribution is 2.45. The first-order chi connectivity index (χ1) is 7.31. The summed E-state index contributed by atoms with van der Waals surface area (Å²) in [7, 11) is 1.67. The second-order valence-electron chi connectivity index (χ2n) is 3.80. The highest BCUT2D eigenvalue weighted by molar-refractivity contribution is 6.30. The van der Waals surface area contributed by atoms with E-state index in [0.717, 1.165) is 10.8 Å². The Balaban J connectivity index is 2.07. The lowest BCUT2D eigenvalue weighted by Gasteiger charge is -2.10. The van der Waals surface area contributed by atoms with E-state index in [0.29, 0.717) is 19.1 Å². The molecule has 0 aliphatic heterocycles. The third kappa shape index (κ3) is 2.86. The van der Waals surface area contributed by atoms with Crippen molar-refractivity contribution in [3.8, 4) is 5.75 Å². The van der Waals surface area contributed by atoms with Crippen LogP contribution in [0, 0.1) is 0 Å². The molecular formula is C12H15ClO2. The molecule has 2 nitrogen and oxygen atoms in total. The Morgan fingerprint density at radius 1 is 1.33 bits per heavy atom. The van der Waals surface area contributed by atoms with Crippen molar-refractivity contribution in [1.29, 1.82) is 0 Å². The van der Waals surface area contributed by atoms with Crippen molar-refractivity contribution in [1.82, 2.24) is 0 Å². The Hall–Kier alpha value is -0.730. The van der Waals surface area contributed by atoms with Crippen molar-refractivity contribution in [3.05, 3.63) is 28.8 Å². The SMILES string of the molecule is COCCOc1ccc(Cl)cc1C1CC1. The lowest BCUT2D eigenvalue weighted by Crippen LogP contribution is -2.05. The van der Waals surface area contributed by atoms with E-state index in [9.17, 15) is 0 Å². The number of benzene rings is 1. The minimum absolute atomic E-state index is 0.595. The zero-order valence-electron chi connectivity index (χ0n) is 8.83. The zero-order chi connectivity index (χ0) is 10.7. The van der Waals surface area contributed by atoms with Crippen molar-refractivity contribution in [2.75, 3.05) is 20.3 Å². The highest BCUT2D eigenvalue weighted by atomic mass is 35.5. The molecule has 1 aliphatic carbocycles. The topological polar surface area (TPSA) is 18.5 Å². The first kappa shape index (κ1) is 10.8. The first-order valence-corrected chi connectivity index (χ1v) is 5.60. The van der Waals surface area contributed by atoms with Crippen molar-refractivity contribution < 1.29 is 9.47 Å². The van der Waals surface area contributed by atoms with Crippen LogP contribution in [0.15, 0.2) is 18.2 Å². The summed E-state index contributed by atoms with van der Waals surface area (Å²) in [4.78, 5) is 0. The maximum atomic E-state index is 5.97. The number of hydrogen-bond acceptors (Lipinski definition) is 2. The van der Waals surface area contributed by atoms with Gasteiger partial charge in [-0.25, -0.2) is 0 Å². The first-order valence-electron chi connectivity index (χ1n) is 5.22. The summed E-state index contributed by atoms with van der Waals surface area (Å²) in [5.41, 5.74) is 1.25. The second kappa shape index (κ2) is 4.86. The van der Waals surface area contributed by atoms with Gasteiger partial charge in [0.15, 0.2) is 0 Å². The van der Waals surface area contributed by atoms with Gasteiger partial charge >= 0.3 is 0 Å². The largest absolute Gasteiger partial charge is 0.491 e. The molecule has 1 aromatic rings. The molecule has 3 heteroatoms. The fourth-order valence-corrected chi connectivity index (χ4v) is 1.78. The number of methoxy groups -OCH3 is 1. The zero-order valence-corrected chi connectivity index (χ0v) is 9.59. The van der Waals surface area contributed by atoms with Crippen LogP contribution >= 0.6 is 11.6 Å². The number of rotatable bonds is 5. The molecule has 0 spiro atoms. The molecule has 0 amide bonds. The van der Waals surface area contributed by atoms with Gasteiger partial charge in [-0.2, -0.15) is 0 Å². The molecule has 0 unspecified atom stereocenters. The Kier molecular flexibility index (Phi) is 3.49. The monoisotopic (exact) mass is 226 g/mol. The van der Waals surface area contributed by atoms with Gasteiger partial charge in [-0.3, -0.25) is 0 Å². The summed E-state index contributed by atoms with van der Waals surface area (Å²) in [6, 6.07) is 5.84. The highest BCUT2D eigenvalue weighted by Gasteiger charge is 2.26. The van der Waals surface area contributed by atoms with Crippen molar-refractivity contribution >= 4 is 11.6 Å². The molecule has 2 rings (SSSR count). The molecule has 0 aromatic heterocycles. The predicted octanol–water partition coefficient (Wildman–Crippen LogP) is 3.24. The van der Waals surface area contributed by atoms with Crippen LogP contribution in [0.2, 0.25) is 5.02 Å². The van der Waals surface area contributed by atoms with Crippen LogP contribution in [0.1, 0.15) is 24.3 Å². The van der Waals surface area contributed by atoms with Crippen LogP contribution in [-0.4, -0.2) is 20.3 Å². The summed E-state index contributed by atoms with van der Waals surface area (Å²) in [6.07, 6.45) is 2.50. The molecule has 1 fully saturated rings. The molecule has 0 N–H and O–H groups in total. The van der Waals surface area contributed by atoms with E-state index >= 15 is 0 Å². The fourth-order valence-electron chi connectivity index (χ4n) is 1.60. The minimum Gasteiger partial charge on any atom is -0.491 e. The Bertz CT molecular complexity index is 334. The molecule has 0 radical (unpaired) electrons. The summed E-state index contributed by atoms with van der Waals surface area (Å²) in [5, 5.41) is 0.788. The van der Waals surface area contributed by atoms with Gasteiger partial charge in [-0.1, -0.05) is 11.6 Å². The van der Waals surface area contributed by atoms with E-state index in [1.165, 1.54) is 18.4 Å². The summed E-state index contributed by atoms with van der Waals surface area (Å²) in [6.45, 7) is 1.21. The van der Waals surface area contributed by atoms with E-state index < -0.39 is 0 Å². The van der Waals surface area contributed by atoms with Crippen LogP contribution in [-0.2, 0) is 4.74 Å². The van der Waals surface area contributed by atoms with Crippen LogP contribution in [0.3, 0.4) is 0 Å². The maximum absolute atomic E-state index is 5.97. The molecule has 0 heterocycles. The van der Waals surface area contributed by atoms with E-state index in [-0.39, 0.29) is 0 Å². The smallest absolute Gasteiger partial charge is 0.122 e. The molecule has 0 bridgehead atoms. The fraction of sp³-hybridized carbons (Fsp3) is 0.500. The third-order valence-electron chi connectivity index (χ3n) is 2.53. The van der Waals surface area contributed by atoms with E-state index in [1.807, 2.05) is 18.2 Å². The van der Waals surface area contributed by atoms with Gasteiger partial charge in [-0.05, 0) is 42.5 Å². The average Bonchev–Trinajstić information content (AvgIpc) is 3.04. The van der Waals surface area contributed by atoms with Crippen LogP contribution < -0.4 is 4.74 Å².